The van der Waals surface area contributed by atoms with Gasteiger partial charge in [0.1, 0.15) is 6.61 Å². The summed E-state index contributed by atoms with van der Waals surface area (Å²) in [7, 11) is 3.32. The molecule has 8 heteroatoms. The van der Waals surface area contributed by atoms with Crippen molar-refractivity contribution in [3.8, 4) is 0 Å². The van der Waals surface area contributed by atoms with Crippen molar-refractivity contribution in [2.75, 3.05) is 47.1 Å². The normalized spacial score (nSPS) is 10.0. The molecule has 0 saturated heterocycles. The molecular formula is C13H25N3O4S. The fourth-order valence-corrected chi connectivity index (χ4v) is 1.26. The third-order valence-corrected chi connectivity index (χ3v) is 2.68. The van der Waals surface area contributed by atoms with Gasteiger partial charge in [-0.25, -0.2) is 5.43 Å². The molecule has 0 radical (unpaired) electrons. The topological polar surface area (TPSA) is 80.9 Å². The SMILES string of the molecule is C=C(OCCCCNNC(=S)NC)C(=O)COCCOC. The van der Waals surface area contributed by atoms with Crippen molar-refractivity contribution in [2.24, 2.45) is 0 Å². The van der Waals surface area contributed by atoms with E-state index in [1.807, 2.05) is 0 Å². The number of ether oxygens (including phenoxy) is 3. The zero-order valence-electron chi connectivity index (χ0n) is 12.7. The number of unbranched alkanes of at least 4 members (excludes halogenated alkanes) is 1. The minimum absolute atomic E-state index is 0.0326. The van der Waals surface area contributed by atoms with Gasteiger partial charge in [-0.2, -0.15) is 0 Å². The Morgan fingerprint density at radius 2 is 2.00 bits per heavy atom. The number of hydrazine groups is 1. The lowest BCUT2D eigenvalue weighted by atomic mass is 10.3. The Morgan fingerprint density at radius 3 is 2.67 bits per heavy atom. The van der Waals surface area contributed by atoms with E-state index in [1.165, 1.54) is 0 Å². The van der Waals surface area contributed by atoms with Crippen LogP contribution in [0.4, 0.5) is 0 Å². The summed E-state index contributed by atoms with van der Waals surface area (Å²) >= 11 is 4.89. The molecule has 0 aromatic carbocycles. The Labute approximate surface area is 131 Å². The van der Waals surface area contributed by atoms with Gasteiger partial charge in [-0.1, -0.05) is 6.58 Å². The lowest BCUT2D eigenvalue weighted by Crippen LogP contribution is -2.42. The van der Waals surface area contributed by atoms with E-state index in [-0.39, 0.29) is 18.1 Å². The summed E-state index contributed by atoms with van der Waals surface area (Å²) in [5.41, 5.74) is 5.77. The minimum Gasteiger partial charge on any atom is -0.490 e. The van der Waals surface area contributed by atoms with E-state index >= 15 is 0 Å². The average molecular weight is 319 g/mol. The highest BCUT2D eigenvalue weighted by Crippen LogP contribution is 1.99. The molecular weight excluding hydrogens is 294 g/mol. The second-order valence-electron chi connectivity index (χ2n) is 4.08. The van der Waals surface area contributed by atoms with Crippen LogP contribution in [0.1, 0.15) is 12.8 Å². The molecule has 0 heterocycles. The van der Waals surface area contributed by atoms with Crippen LogP contribution in [-0.4, -0.2) is 58.0 Å². The Bertz CT molecular complexity index is 327. The molecule has 0 saturated carbocycles. The van der Waals surface area contributed by atoms with Gasteiger partial charge in [-0.05, 0) is 25.1 Å². The van der Waals surface area contributed by atoms with Crippen LogP contribution in [0, 0.1) is 0 Å². The Kier molecular flexibility index (Phi) is 13.0. The zero-order chi connectivity index (χ0) is 15.9. The van der Waals surface area contributed by atoms with Crippen molar-refractivity contribution in [1.82, 2.24) is 16.2 Å². The number of rotatable bonds is 13. The highest BCUT2D eigenvalue weighted by molar-refractivity contribution is 7.80. The minimum atomic E-state index is -0.245. The van der Waals surface area contributed by atoms with E-state index < -0.39 is 0 Å². The van der Waals surface area contributed by atoms with Crippen LogP contribution in [-0.2, 0) is 19.0 Å². The maximum atomic E-state index is 11.5. The molecule has 0 rings (SSSR count). The lowest BCUT2D eigenvalue weighted by Gasteiger charge is -2.10. The molecule has 0 fully saturated rings. The monoisotopic (exact) mass is 319 g/mol. The molecule has 122 valence electrons. The number of thiocarbonyl (C=S) groups is 1. The molecule has 0 aliphatic heterocycles. The summed E-state index contributed by atoms with van der Waals surface area (Å²) in [5.74, 6) is -0.111. The lowest BCUT2D eigenvalue weighted by molar-refractivity contribution is -0.123. The van der Waals surface area contributed by atoms with Crippen LogP contribution in [0.3, 0.4) is 0 Å². The van der Waals surface area contributed by atoms with Crippen molar-refractivity contribution >= 4 is 23.1 Å². The van der Waals surface area contributed by atoms with Crippen LogP contribution in [0.5, 0.6) is 0 Å². The molecule has 0 amide bonds. The van der Waals surface area contributed by atoms with Gasteiger partial charge in [-0.15, -0.1) is 0 Å². The molecule has 0 aliphatic carbocycles. The Hall–Kier alpha value is -1.22. The number of carbonyl (C=O) groups excluding carboxylic acids is 1. The fraction of sp³-hybridized carbons (Fsp3) is 0.692. The van der Waals surface area contributed by atoms with Crippen molar-refractivity contribution in [1.29, 1.82) is 0 Å². The molecule has 0 aromatic heterocycles. The number of hydrogen-bond acceptors (Lipinski definition) is 6. The molecule has 0 atom stereocenters. The number of carbonyl (C=O) groups is 1. The Morgan fingerprint density at radius 1 is 1.24 bits per heavy atom. The van der Waals surface area contributed by atoms with Gasteiger partial charge in [0, 0.05) is 20.7 Å². The van der Waals surface area contributed by atoms with E-state index in [0.29, 0.717) is 24.9 Å². The fourth-order valence-electron chi connectivity index (χ4n) is 1.18. The van der Waals surface area contributed by atoms with E-state index in [4.69, 9.17) is 26.4 Å². The first-order valence-corrected chi connectivity index (χ1v) is 7.14. The highest BCUT2D eigenvalue weighted by Gasteiger charge is 2.08. The average Bonchev–Trinajstić information content (AvgIpc) is 2.49. The van der Waals surface area contributed by atoms with Gasteiger partial charge in [-0.3, -0.25) is 10.2 Å². The number of Topliss-reactive ketones (excluding diaryl/α,β-unsaturated/α-hetero) is 1. The van der Waals surface area contributed by atoms with Crippen LogP contribution in [0.15, 0.2) is 12.3 Å². The second kappa shape index (κ2) is 13.7. The zero-order valence-corrected chi connectivity index (χ0v) is 13.5. The largest absolute Gasteiger partial charge is 0.490 e. The first kappa shape index (κ1) is 19.8. The first-order valence-electron chi connectivity index (χ1n) is 6.74. The van der Waals surface area contributed by atoms with Crippen LogP contribution < -0.4 is 16.2 Å². The van der Waals surface area contributed by atoms with Crippen molar-refractivity contribution in [2.45, 2.75) is 12.8 Å². The van der Waals surface area contributed by atoms with Crippen LogP contribution in [0.25, 0.3) is 0 Å². The Balaban J connectivity index is 3.44. The maximum Gasteiger partial charge on any atom is 0.222 e. The summed E-state index contributed by atoms with van der Waals surface area (Å²) in [6.45, 7) is 5.57. The van der Waals surface area contributed by atoms with Crippen molar-refractivity contribution in [3.05, 3.63) is 12.3 Å². The standard InChI is InChI=1S/C13H25N3O4S/c1-11(12(17)10-19-9-8-18-3)20-7-5-4-6-15-16-13(21)14-2/h15H,1,4-10H2,2-3H3,(H2,14,16,21). The smallest absolute Gasteiger partial charge is 0.222 e. The number of hydrogen-bond donors (Lipinski definition) is 3. The molecule has 0 bridgehead atoms. The van der Waals surface area contributed by atoms with Crippen molar-refractivity contribution in [3.63, 3.8) is 0 Å². The van der Waals surface area contributed by atoms with Gasteiger partial charge < -0.3 is 19.5 Å². The first-order chi connectivity index (χ1) is 10.1. The summed E-state index contributed by atoms with van der Waals surface area (Å²) in [5, 5.41) is 3.32. The molecule has 0 aliphatic rings. The predicted molar refractivity (Wildman–Crippen MR) is 84.8 cm³/mol. The van der Waals surface area contributed by atoms with Gasteiger partial charge >= 0.3 is 0 Å². The molecule has 21 heavy (non-hydrogen) atoms. The summed E-state index contributed by atoms with van der Waals surface area (Å²) in [6.07, 6.45) is 1.68. The van der Waals surface area contributed by atoms with Gasteiger partial charge in [0.15, 0.2) is 10.9 Å². The van der Waals surface area contributed by atoms with Crippen LogP contribution >= 0.6 is 12.2 Å². The second-order valence-corrected chi connectivity index (χ2v) is 4.49. The molecule has 3 N–H and O–H groups in total. The predicted octanol–water partition coefficient (Wildman–Crippen LogP) is 0.128. The molecule has 7 nitrogen and oxygen atoms in total. The third kappa shape index (κ3) is 12.2. The van der Waals surface area contributed by atoms with Gasteiger partial charge in [0.25, 0.3) is 0 Å². The van der Waals surface area contributed by atoms with Crippen molar-refractivity contribution < 1.29 is 19.0 Å². The highest BCUT2D eigenvalue weighted by atomic mass is 32.1. The molecule has 0 unspecified atom stereocenters. The molecule has 0 spiro atoms. The van der Waals surface area contributed by atoms with E-state index in [9.17, 15) is 4.79 Å². The quantitative estimate of drug-likeness (QED) is 0.145. The number of methoxy groups -OCH3 is 1. The van der Waals surface area contributed by atoms with Gasteiger partial charge in [0.2, 0.25) is 5.78 Å². The van der Waals surface area contributed by atoms with E-state index in [1.54, 1.807) is 14.2 Å². The van der Waals surface area contributed by atoms with Crippen LogP contribution in [0.2, 0.25) is 0 Å². The van der Waals surface area contributed by atoms with E-state index in [2.05, 4.69) is 22.7 Å². The summed E-state index contributed by atoms with van der Waals surface area (Å²) in [6, 6.07) is 0. The number of nitrogens with one attached hydrogen (secondary N) is 3. The third-order valence-electron chi connectivity index (χ3n) is 2.38. The summed E-state index contributed by atoms with van der Waals surface area (Å²) < 4.78 is 15.2. The summed E-state index contributed by atoms with van der Waals surface area (Å²) in [4.78, 5) is 11.5. The molecule has 0 aromatic rings. The van der Waals surface area contributed by atoms with Gasteiger partial charge in [0.05, 0.1) is 19.8 Å². The maximum absolute atomic E-state index is 11.5. The van der Waals surface area contributed by atoms with E-state index in [0.717, 1.165) is 19.4 Å². The number of ketones is 1.